The van der Waals surface area contributed by atoms with Crippen LogP contribution in [0.15, 0.2) is 0 Å². The van der Waals surface area contributed by atoms with Crippen molar-refractivity contribution in [1.29, 1.82) is 0 Å². The van der Waals surface area contributed by atoms with Crippen molar-refractivity contribution < 1.29 is 29.6 Å². The SMILES string of the molecule is CC(=O)NC1C(OC(C)C)OC(CO)[C@@H](O)[C@@H]1O. The van der Waals surface area contributed by atoms with Crippen LogP contribution in [0, 0.1) is 0 Å². The van der Waals surface area contributed by atoms with Gasteiger partial charge in [-0.2, -0.15) is 0 Å². The Bertz CT molecular complexity index is 285. The van der Waals surface area contributed by atoms with E-state index in [1.807, 2.05) is 0 Å². The van der Waals surface area contributed by atoms with Gasteiger partial charge in [-0.1, -0.05) is 0 Å². The molecule has 1 aliphatic rings. The fourth-order valence-corrected chi connectivity index (χ4v) is 1.85. The molecule has 1 amide bonds. The van der Waals surface area contributed by atoms with E-state index in [-0.39, 0.29) is 12.0 Å². The number of carbonyl (C=O) groups excluding carboxylic acids is 1. The highest BCUT2D eigenvalue weighted by Gasteiger charge is 2.45. The van der Waals surface area contributed by atoms with Gasteiger partial charge >= 0.3 is 0 Å². The van der Waals surface area contributed by atoms with Crippen LogP contribution in [0.5, 0.6) is 0 Å². The lowest BCUT2D eigenvalue weighted by Crippen LogP contribution is -2.64. The van der Waals surface area contributed by atoms with Crippen molar-refractivity contribution >= 4 is 5.91 Å². The molecule has 0 aromatic rings. The highest BCUT2D eigenvalue weighted by atomic mass is 16.7. The minimum atomic E-state index is -1.28. The van der Waals surface area contributed by atoms with Gasteiger partial charge in [-0.3, -0.25) is 4.79 Å². The molecule has 0 saturated carbocycles. The monoisotopic (exact) mass is 263 g/mol. The smallest absolute Gasteiger partial charge is 0.217 e. The first-order valence-electron chi connectivity index (χ1n) is 5.91. The fraction of sp³-hybridized carbons (Fsp3) is 0.909. The Morgan fingerprint density at radius 3 is 2.44 bits per heavy atom. The van der Waals surface area contributed by atoms with Gasteiger partial charge in [0, 0.05) is 6.92 Å². The quantitative estimate of drug-likeness (QED) is 0.484. The Balaban J connectivity index is 2.83. The van der Waals surface area contributed by atoms with E-state index in [0.29, 0.717) is 0 Å². The molecule has 5 atom stereocenters. The van der Waals surface area contributed by atoms with Crippen LogP contribution in [0.2, 0.25) is 0 Å². The minimum absolute atomic E-state index is 0.187. The molecule has 7 nitrogen and oxygen atoms in total. The van der Waals surface area contributed by atoms with E-state index in [1.165, 1.54) is 6.92 Å². The molecule has 4 N–H and O–H groups in total. The van der Waals surface area contributed by atoms with Crippen molar-refractivity contribution in [3.8, 4) is 0 Å². The summed E-state index contributed by atoms with van der Waals surface area (Å²) in [6.45, 7) is 4.41. The van der Waals surface area contributed by atoms with Crippen LogP contribution in [0.1, 0.15) is 20.8 Å². The topological polar surface area (TPSA) is 108 Å². The molecule has 0 aromatic heterocycles. The summed E-state index contributed by atoms with van der Waals surface area (Å²) in [4.78, 5) is 11.1. The van der Waals surface area contributed by atoms with E-state index in [9.17, 15) is 15.0 Å². The summed E-state index contributed by atoms with van der Waals surface area (Å²) >= 11 is 0. The molecule has 0 radical (unpaired) electrons. The van der Waals surface area contributed by atoms with Crippen LogP contribution >= 0.6 is 0 Å². The second kappa shape index (κ2) is 6.44. The van der Waals surface area contributed by atoms with Gasteiger partial charge < -0.3 is 30.1 Å². The Morgan fingerprint density at radius 1 is 1.39 bits per heavy atom. The predicted molar refractivity (Wildman–Crippen MR) is 61.6 cm³/mol. The Hall–Kier alpha value is -0.730. The number of ether oxygens (including phenoxy) is 2. The molecule has 1 aliphatic heterocycles. The van der Waals surface area contributed by atoms with Crippen LogP contribution in [0.3, 0.4) is 0 Å². The molecule has 7 heteroatoms. The zero-order valence-corrected chi connectivity index (χ0v) is 10.7. The van der Waals surface area contributed by atoms with E-state index in [4.69, 9.17) is 14.6 Å². The number of aliphatic hydroxyl groups excluding tert-OH is 3. The summed E-state index contributed by atoms with van der Waals surface area (Å²) in [5.74, 6) is -0.366. The molecule has 3 unspecified atom stereocenters. The Kier molecular flexibility index (Phi) is 5.48. The van der Waals surface area contributed by atoms with Gasteiger partial charge in [0.15, 0.2) is 6.29 Å². The van der Waals surface area contributed by atoms with Crippen LogP contribution in [-0.4, -0.2) is 64.6 Å². The molecule has 0 spiro atoms. The summed E-state index contributed by atoms with van der Waals surface area (Å²) in [6, 6.07) is -0.873. The van der Waals surface area contributed by atoms with Gasteiger partial charge in [-0.15, -0.1) is 0 Å². The number of carbonyl (C=O) groups is 1. The first kappa shape index (κ1) is 15.3. The molecule has 1 rings (SSSR count). The predicted octanol–water partition coefficient (Wildman–Crippen LogP) is -1.64. The van der Waals surface area contributed by atoms with E-state index < -0.39 is 37.3 Å². The van der Waals surface area contributed by atoms with Crippen molar-refractivity contribution in [2.45, 2.75) is 57.5 Å². The summed E-state index contributed by atoms with van der Waals surface area (Å²) in [7, 11) is 0. The van der Waals surface area contributed by atoms with Crippen molar-refractivity contribution in [2.24, 2.45) is 0 Å². The number of rotatable bonds is 4. The third kappa shape index (κ3) is 3.63. The van der Waals surface area contributed by atoms with Crippen LogP contribution in [-0.2, 0) is 14.3 Å². The minimum Gasteiger partial charge on any atom is -0.394 e. The standard InChI is InChI=1S/C11H21NO6/c1-5(2)17-11-8(12-6(3)14)10(16)9(15)7(4-13)18-11/h5,7-11,13,15-16H,4H2,1-3H3,(H,12,14)/t7?,8?,9-,10-,11?/m1/s1. The average molecular weight is 263 g/mol. The first-order chi connectivity index (χ1) is 8.36. The normalized spacial score (nSPS) is 36.7. The first-order valence-corrected chi connectivity index (χ1v) is 5.91. The summed E-state index contributed by atoms with van der Waals surface area (Å²) in [6.07, 6.45) is -4.58. The number of hydrogen-bond donors (Lipinski definition) is 4. The number of nitrogens with one attached hydrogen (secondary N) is 1. The van der Waals surface area contributed by atoms with Gasteiger partial charge in [0.1, 0.15) is 24.4 Å². The molecule has 0 aliphatic carbocycles. The zero-order valence-electron chi connectivity index (χ0n) is 10.7. The highest BCUT2D eigenvalue weighted by Crippen LogP contribution is 2.22. The van der Waals surface area contributed by atoms with Crippen molar-refractivity contribution in [3.05, 3.63) is 0 Å². The fourth-order valence-electron chi connectivity index (χ4n) is 1.85. The van der Waals surface area contributed by atoms with Gasteiger partial charge in [0.2, 0.25) is 5.91 Å². The van der Waals surface area contributed by atoms with E-state index in [2.05, 4.69) is 5.32 Å². The molecule has 18 heavy (non-hydrogen) atoms. The van der Waals surface area contributed by atoms with Gasteiger partial charge in [0.25, 0.3) is 0 Å². The Morgan fingerprint density at radius 2 is 2.00 bits per heavy atom. The summed E-state index contributed by atoms with van der Waals surface area (Å²) in [5.41, 5.74) is 0. The maximum absolute atomic E-state index is 11.1. The molecule has 0 bridgehead atoms. The highest BCUT2D eigenvalue weighted by molar-refractivity contribution is 5.73. The molecule has 106 valence electrons. The maximum atomic E-state index is 11.1. The lowest BCUT2D eigenvalue weighted by atomic mass is 9.97. The van der Waals surface area contributed by atoms with Gasteiger partial charge in [-0.05, 0) is 13.8 Å². The molecule has 1 heterocycles. The van der Waals surface area contributed by atoms with E-state index in [1.54, 1.807) is 13.8 Å². The number of hydrogen-bond acceptors (Lipinski definition) is 6. The van der Waals surface area contributed by atoms with Gasteiger partial charge in [0.05, 0.1) is 12.7 Å². The summed E-state index contributed by atoms with van der Waals surface area (Å²) < 4.78 is 10.8. The second-order valence-electron chi connectivity index (χ2n) is 4.62. The number of amides is 1. The van der Waals surface area contributed by atoms with Gasteiger partial charge in [-0.25, -0.2) is 0 Å². The van der Waals surface area contributed by atoms with Crippen LogP contribution in [0.25, 0.3) is 0 Å². The molecule has 1 fully saturated rings. The summed E-state index contributed by atoms with van der Waals surface area (Å²) in [5, 5.41) is 31.2. The van der Waals surface area contributed by atoms with E-state index >= 15 is 0 Å². The van der Waals surface area contributed by atoms with Crippen LogP contribution < -0.4 is 5.32 Å². The molecular formula is C11H21NO6. The zero-order chi connectivity index (χ0) is 13.9. The number of aliphatic hydroxyl groups is 3. The van der Waals surface area contributed by atoms with Crippen molar-refractivity contribution in [1.82, 2.24) is 5.32 Å². The third-order valence-corrected chi connectivity index (χ3v) is 2.66. The lowest BCUT2D eigenvalue weighted by molar-refractivity contribution is -0.278. The lowest BCUT2D eigenvalue weighted by Gasteiger charge is -2.42. The molecular weight excluding hydrogens is 242 g/mol. The molecule has 1 saturated heterocycles. The molecule has 0 aromatic carbocycles. The van der Waals surface area contributed by atoms with Crippen LogP contribution in [0.4, 0.5) is 0 Å². The van der Waals surface area contributed by atoms with Crippen molar-refractivity contribution in [3.63, 3.8) is 0 Å². The maximum Gasteiger partial charge on any atom is 0.217 e. The Labute approximate surface area is 106 Å². The van der Waals surface area contributed by atoms with E-state index in [0.717, 1.165) is 0 Å². The third-order valence-electron chi connectivity index (χ3n) is 2.66. The second-order valence-corrected chi connectivity index (χ2v) is 4.62. The average Bonchev–Trinajstić information content (AvgIpc) is 2.27. The largest absolute Gasteiger partial charge is 0.394 e. The van der Waals surface area contributed by atoms with Crippen molar-refractivity contribution in [2.75, 3.05) is 6.61 Å².